The van der Waals surface area contributed by atoms with Crippen molar-refractivity contribution >= 4 is 10.0 Å². The van der Waals surface area contributed by atoms with Crippen molar-refractivity contribution in [3.8, 4) is 34.6 Å². The molecule has 0 aliphatic heterocycles. The van der Waals surface area contributed by atoms with Crippen LogP contribution in [0.2, 0.25) is 0 Å². The first-order chi connectivity index (χ1) is 14.8. The van der Waals surface area contributed by atoms with Crippen LogP contribution in [-0.2, 0) is 23.7 Å². The number of nitrogens with zero attached hydrogens (tertiary/aromatic N) is 5. The smallest absolute Gasteiger partial charge is 0.261 e. The highest BCUT2D eigenvalue weighted by Crippen LogP contribution is 2.27. The molecule has 11 nitrogen and oxygen atoms in total. The molecule has 0 fully saturated rings. The summed E-state index contributed by atoms with van der Waals surface area (Å²) in [5, 5.41) is 13.4. The number of methoxy groups -OCH3 is 1. The molecule has 4 aromatic rings. The van der Waals surface area contributed by atoms with Crippen LogP contribution in [0.1, 0.15) is 5.69 Å². The highest BCUT2D eigenvalue weighted by Gasteiger charge is 2.19. The lowest BCUT2D eigenvalue weighted by Gasteiger charge is -2.07. The molecular weight excluding hydrogens is 424 g/mol. The minimum atomic E-state index is -3.85. The normalized spacial score (nSPS) is 11.5. The molecule has 0 amide bonds. The molecule has 160 valence electrons. The van der Waals surface area contributed by atoms with Crippen LogP contribution in [0.5, 0.6) is 11.8 Å². The molecule has 0 saturated carbocycles. The van der Waals surface area contributed by atoms with Gasteiger partial charge in [-0.05, 0) is 12.1 Å². The average molecular weight is 442 g/mol. The molecule has 31 heavy (non-hydrogen) atoms. The Morgan fingerprint density at radius 1 is 1.13 bits per heavy atom. The van der Waals surface area contributed by atoms with Gasteiger partial charge in [-0.2, -0.15) is 15.1 Å². The van der Waals surface area contributed by atoms with Gasteiger partial charge < -0.3 is 14.0 Å². The monoisotopic (exact) mass is 442 g/mol. The van der Waals surface area contributed by atoms with Gasteiger partial charge in [0.1, 0.15) is 6.61 Å². The van der Waals surface area contributed by atoms with Crippen molar-refractivity contribution < 1.29 is 22.4 Å². The number of aromatic nitrogens is 5. The first-order valence-corrected chi connectivity index (χ1v) is 10.5. The summed E-state index contributed by atoms with van der Waals surface area (Å²) in [5.74, 6) is 1.25. The lowest BCUT2D eigenvalue weighted by Crippen LogP contribution is -2.11. The number of sulfonamides is 1. The maximum atomic E-state index is 11.6. The Bertz CT molecular complexity index is 1330. The van der Waals surface area contributed by atoms with Gasteiger partial charge in [-0.25, -0.2) is 13.6 Å². The number of hydrogen-bond acceptors (Lipinski definition) is 9. The molecule has 3 heterocycles. The zero-order chi connectivity index (χ0) is 22.0. The van der Waals surface area contributed by atoms with Crippen molar-refractivity contribution in [1.82, 2.24) is 24.9 Å². The van der Waals surface area contributed by atoms with Crippen LogP contribution in [0.4, 0.5) is 0 Å². The van der Waals surface area contributed by atoms with Crippen LogP contribution in [0.3, 0.4) is 0 Å². The van der Waals surface area contributed by atoms with Gasteiger partial charge >= 0.3 is 0 Å². The third-order valence-corrected chi connectivity index (χ3v) is 5.31. The molecule has 0 spiro atoms. The molecule has 12 heteroatoms. The fourth-order valence-corrected chi connectivity index (χ4v) is 3.37. The largest absolute Gasteiger partial charge is 0.481 e. The highest BCUT2D eigenvalue weighted by molar-refractivity contribution is 7.89. The summed E-state index contributed by atoms with van der Waals surface area (Å²) in [6.07, 6.45) is 1.58. The molecule has 0 aliphatic carbocycles. The molecule has 0 radical (unpaired) electrons. The zero-order valence-corrected chi connectivity index (χ0v) is 17.4. The van der Waals surface area contributed by atoms with E-state index in [1.165, 1.54) is 19.2 Å². The number of ether oxygens (including phenoxy) is 2. The summed E-state index contributed by atoms with van der Waals surface area (Å²) >= 11 is 0. The zero-order valence-electron chi connectivity index (χ0n) is 16.6. The number of nitrogens with two attached hydrogens (primary N) is 1. The minimum absolute atomic E-state index is 0.0439. The first-order valence-electron chi connectivity index (χ1n) is 8.97. The maximum absolute atomic E-state index is 11.6. The molecule has 2 N–H and O–H groups in total. The first kappa shape index (κ1) is 20.5. The molecule has 0 aliphatic rings. The van der Waals surface area contributed by atoms with Crippen LogP contribution >= 0.6 is 0 Å². The van der Waals surface area contributed by atoms with Crippen LogP contribution < -0.4 is 14.6 Å². The fourth-order valence-electron chi connectivity index (χ4n) is 2.81. The van der Waals surface area contributed by atoms with Crippen molar-refractivity contribution in [1.29, 1.82) is 0 Å². The predicted octanol–water partition coefficient (Wildman–Crippen LogP) is 1.77. The standard InChI is InChI=1S/C19H18N6O5S/c1-25-15(11-29-17-8-4-7-16(22-17)28-2)14(10-21-25)19-23-18(24-30-19)12-5-3-6-13(9-12)31(20,26)27/h3-10H,11H2,1-2H3,(H2,20,26,27). The Morgan fingerprint density at radius 2 is 1.90 bits per heavy atom. The predicted molar refractivity (Wildman–Crippen MR) is 108 cm³/mol. The summed E-state index contributed by atoms with van der Waals surface area (Å²) in [5.41, 5.74) is 1.70. The number of hydrogen-bond donors (Lipinski definition) is 1. The molecule has 0 unspecified atom stereocenters. The van der Waals surface area contributed by atoms with E-state index in [1.807, 2.05) is 0 Å². The molecule has 0 saturated heterocycles. The van der Waals surface area contributed by atoms with Crippen molar-refractivity contribution in [3.63, 3.8) is 0 Å². The van der Waals surface area contributed by atoms with E-state index in [9.17, 15) is 8.42 Å². The van der Waals surface area contributed by atoms with Crippen molar-refractivity contribution in [2.75, 3.05) is 7.11 Å². The van der Waals surface area contributed by atoms with Crippen molar-refractivity contribution in [2.45, 2.75) is 11.5 Å². The van der Waals surface area contributed by atoms with Crippen LogP contribution in [-0.4, -0.2) is 40.4 Å². The average Bonchev–Trinajstić information content (AvgIpc) is 3.39. The second-order valence-electron chi connectivity index (χ2n) is 6.43. The summed E-state index contributed by atoms with van der Waals surface area (Å²) in [6, 6.07) is 11.2. The van der Waals surface area contributed by atoms with Gasteiger partial charge in [0.05, 0.1) is 29.5 Å². The van der Waals surface area contributed by atoms with Gasteiger partial charge in [0.25, 0.3) is 5.89 Å². The second-order valence-corrected chi connectivity index (χ2v) is 7.99. The van der Waals surface area contributed by atoms with Gasteiger partial charge in [-0.1, -0.05) is 23.4 Å². The van der Waals surface area contributed by atoms with Crippen LogP contribution in [0, 0.1) is 0 Å². The fraction of sp³-hybridized carbons (Fsp3) is 0.158. The quantitative estimate of drug-likeness (QED) is 0.452. The lowest BCUT2D eigenvalue weighted by atomic mass is 10.2. The number of pyridine rings is 1. The summed E-state index contributed by atoms with van der Waals surface area (Å²) in [7, 11) is -0.569. The van der Waals surface area contributed by atoms with E-state index in [-0.39, 0.29) is 23.2 Å². The number of rotatable bonds is 7. The van der Waals surface area contributed by atoms with Gasteiger partial charge in [0.2, 0.25) is 27.6 Å². The Morgan fingerprint density at radius 3 is 2.68 bits per heavy atom. The van der Waals surface area contributed by atoms with Gasteiger partial charge in [0, 0.05) is 24.7 Å². The minimum Gasteiger partial charge on any atom is -0.481 e. The van der Waals surface area contributed by atoms with Gasteiger partial charge in [-0.3, -0.25) is 4.68 Å². The van der Waals surface area contributed by atoms with E-state index < -0.39 is 10.0 Å². The maximum Gasteiger partial charge on any atom is 0.261 e. The molecule has 0 atom stereocenters. The third kappa shape index (κ3) is 4.39. The van der Waals surface area contributed by atoms with Crippen molar-refractivity contribution in [3.05, 3.63) is 54.4 Å². The molecule has 0 bridgehead atoms. The molecular formula is C19H18N6O5S. The summed E-state index contributed by atoms with van der Waals surface area (Å²) in [4.78, 5) is 8.54. The van der Waals surface area contributed by atoms with E-state index >= 15 is 0 Å². The summed E-state index contributed by atoms with van der Waals surface area (Å²) < 4.78 is 41.1. The Balaban J connectivity index is 1.60. The molecule has 1 aromatic carbocycles. The Labute approximate surface area is 177 Å². The SMILES string of the molecule is COc1cccc(OCc2c(-c3nc(-c4cccc(S(N)(=O)=O)c4)no3)cnn2C)n1. The number of benzene rings is 1. The lowest BCUT2D eigenvalue weighted by molar-refractivity contribution is 0.277. The van der Waals surface area contributed by atoms with Gasteiger partial charge in [-0.15, -0.1) is 0 Å². The second kappa shape index (κ2) is 8.16. The highest BCUT2D eigenvalue weighted by atomic mass is 32.2. The van der Waals surface area contributed by atoms with E-state index in [1.54, 1.807) is 48.3 Å². The van der Waals surface area contributed by atoms with Crippen LogP contribution in [0.25, 0.3) is 22.8 Å². The molecule has 3 aromatic heterocycles. The van der Waals surface area contributed by atoms with Crippen molar-refractivity contribution in [2.24, 2.45) is 12.2 Å². The van der Waals surface area contributed by atoms with E-state index in [2.05, 4.69) is 20.2 Å². The Hall–Kier alpha value is -3.77. The third-order valence-electron chi connectivity index (χ3n) is 4.40. The van der Waals surface area contributed by atoms with E-state index in [0.717, 1.165) is 0 Å². The van der Waals surface area contributed by atoms with Crippen LogP contribution in [0.15, 0.2) is 58.1 Å². The Kier molecular flexibility index (Phi) is 5.40. The number of primary sulfonamides is 1. The van der Waals surface area contributed by atoms with Gasteiger partial charge in [0.15, 0.2) is 0 Å². The summed E-state index contributed by atoms with van der Waals surface area (Å²) in [6.45, 7) is 0.143. The van der Waals surface area contributed by atoms with E-state index in [0.29, 0.717) is 28.6 Å². The van der Waals surface area contributed by atoms with E-state index in [4.69, 9.17) is 19.1 Å². The number of aryl methyl sites for hydroxylation is 1. The topological polar surface area (TPSA) is 148 Å². The molecule has 4 rings (SSSR count).